The van der Waals surface area contributed by atoms with Crippen LogP contribution in [0.4, 0.5) is 4.39 Å². The predicted octanol–water partition coefficient (Wildman–Crippen LogP) is 0.792. The maximum Gasteiger partial charge on any atom is 0.214 e. The van der Waals surface area contributed by atoms with Crippen molar-refractivity contribution in [2.24, 2.45) is 0 Å². The van der Waals surface area contributed by atoms with Crippen LogP contribution in [0.15, 0.2) is 30.5 Å². The molecule has 0 aliphatic carbocycles. The molecule has 0 spiro atoms. The summed E-state index contributed by atoms with van der Waals surface area (Å²) in [6.45, 7) is 1.68. The van der Waals surface area contributed by atoms with Gasteiger partial charge in [-0.3, -0.25) is 4.79 Å². The molecular weight excluding hydrogens is 235 g/mol. The fourth-order valence-electron chi connectivity index (χ4n) is 1.77. The third kappa shape index (κ3) is 1.91. The van der Waals surface area contributed by atoms with Crippen molar-refractivity contribution in [3.05, 3.63) is 47.5 Å². The van der Waals surface area contributed by atoms with Crippen molar-refractivity contribution in [3.63, 3.8) is 0 Å². The molecule has 0 unspecified atom stereocenters. The number of halogens is 1. The maximum absolute atomic E-state index is 12.8. The molecule has 0 amide bonds. The van der Waals surface area contributed by atoms with Crippen molar-refractivity contribution >= 4 is 5.78 Å². The van der Waals surface area contributed by atoms with Gasteiger partial charge in [-0.2, -0.15) is 0 Å². The molecule has 1 aliphatic rings. The third-order valence-electron chi connectivity index (χ3n) is 2.98. The minimum absolute atomic E-state index is 0.242. The van der Waals surface area contributed by atoms with Crippen LogP contribution in [0.5, 0.6) is 0 Å². The molecule has 2 aromatic rings. The molecule has 92 valence electrons. The highest BCUT2D eigenvalue weighted by Crippen LogP contribution is 2.13. The largest absolute Gasteiger partial charge is 0.312 e. The van der Waals surface area contributed by atoms with Crippen LogP contribution in [0, 0.1) is 5.82 Å². The Balaban J connectivity index is 1.83. The van der Waals surface area contributed by atoms with Crippen LogP contribution in [0.2, 0.25) is 0 Å². The van der Waals surface area contributed by atoms with Gasteiger partial charge in [0.1, 0.15) is 5.82 Å². The van der Waals surface area contributed by atoms with Gasteiger partial charge < -0.3 is 5.32 Å². The molecule has 1 N–H and O–H groups in total. The van der Waals surface area contributed by atoms with Crippen molar-refractivity contribution < 1.29 is 9.18 Å². The number of carbonyl (C=O) groups excluding carboxylic acids is 1. The normalized spacial score (nSPS) is 15.4. The van der Waals surface area contributed by atoms with Crippen molar-refractivity contribution in [2.75, 3.05) is 13.1 Å². The van der Waals surface area contributed by atoms with E-state index in [4.69, 9.17) is 0 Å². The molecule has 1 aliphatic heterocycles. The monoisotopic (exact) mass is 246 g/mol. The van der Waals surface area contributed by atoms with Crippen LogP contribution in [0.1, 0.15) is 22.1 Å². The van der Waals surface area contributed by atoms with Crippen molar-refractivity contribution in [1.29, 1.82) is 0 Å². The van der Waals surface area contributed by atoms with Gasteiger partial charge in [0.15, 0.2) is 5.69 Å². The number of hydrogen-bond donors (Lipinski definition) is 1. The number of benzene rings is 1. The number of hydrogen-bond acceptors (Lipinski definition) is 4. The second kappa shape index (κ2) is 4.30. The number of rotatable bonds is 3. The number of ketones is 1. The molecule has 0 saturated carbocycles. The third-order valence-corrected chi connectivity index (χ3v) is 2.98. The molecule has 1 aromatic heterocycles. The van der Waals surface area contributed by atoms with Crippen molar-refractivity contribution in [3.8, 4) is 0 Å². The van der Waals surface area contributed by atoms with Gasteiger partial charge in [0.25, 0.3) is 0 Å². The average molecular weight is 246 g/mol. The fraction of sp³-hybridized carbons (Fsp3) is 0.250. The van der Waals surface area contributed by atoms with E-state index >= 15 is 0 Å². The first-order chi connectivity index (χ1) is 8.74. The van der Waals surface area contributed by atoms with Gasteiger partial charge in [-0.1, -0.05) is 5.21 Å². The van der Waals surface area contributed by atoms with Gasteiger partial charge >= 0.3 is 0 Å². The molecule has 1 saturated heterocycles. The molecule has 1 aromatic carbocycles. The Labute approximate surface area is 103 Å². The van der Waals surface area contributed by atoms with E-state index in [0.717, 1.165) is 13.1 Å². The Morgan fingerprint density at radius 2 is 2.06 bits per heavy atom. The minimum atomic E-state index is -0.365. The van der Waals surface area contributed by atoms with Crippen LogP contribution in [0.3, 0.4) is 0 Å². The SMILES string of the molecule is O=C(c1ccc(F)cc1)c1cn(C2CNC2)nn1. The lowest BCUT2D eigenvalue weighted by molar-refractivity contribution is 0.103. The summed E-state index contributed by atoms with van der Waals surface area (Å²) in [5.41, 5.74) is 0.698. The van der Waals surface area contributed by atoms with E-state index < -0.39 is 0 Å². The van der Waals surface area contributed by atoms with Crippen LogP contribution in [-0.2, 0) is 0 Å². The molecule has 0 radical (unpaired) electrons. The lowest BCUT2D eigenvalue weighted by Crippen LogP contribution is -2.43. The molecule has 0 bridgehead atoms. The van der Waals surface area contributed by atoms with Gasteiger partial charge in [-0.15, -0.1) is 5.10 Å². The van der Waals surface area contributed by atoms with Crippen LogP contribution in [0.25, 0.3) is 0 Å². The standard InChI is InChI=1S/C12H11FN4O/c13-9-3-1-8(2-4-9)12(18)11-7-17(16-15-11)10-5-14-6-10/h1-4,7,10,14H,5-6H2. The second-order valence-corrected chi connectivity index (χ2v) is 4.23. The summed E-state index contributed by atoms with van der Waals surface area (Å²) < 4.78 is 14.5. The zero-order valence-corrected chi connectivity index (χ0v) is 9.51. The van der Waals surface area contributed by atoms with Crippen LogP contribution in [-0.4, -0.2) is 33.9 Å². The van der Waals surface area contributed by atoms with Gasteiger partial charge in [0.05, 0.1) is 12.2 Å². The van der Waals surface area contributed by atoms with E-state index in [0.29, 0.717) is 5.56 Å². The van der Waals surface area contributed by atoms with Gasteiger partial charge in [0, 0.05) is 18.7 Å². The van der Waals surface area contributed by atoms with Crippen molar-refractivity contribution in [1.82, 2.24) is 20.3 Å². The summed E-state index contributed by atoms with van der Waals surface area (Å²) in [7, 11) is 0. The summed E-state index contributed by atoms with van der Waals surface area (Å²) in [5, 5.41) is 10.9. The summed E-state index contributed by atoms with van der Waals surface area (Å²) in [5.74, 6) is -0.607. The number of carbonyl (C=O) groups is 1. The molecule has 18 heavy (non-hydrogen) atoms. The quantitative estimate of drug-likeness (QED) is 0.813. The zero-order valence-electron chi connectivity index (χ0n) is 9.51. The highest BCUT2D eigenvalue weighted by atomic mass is 19.1. The van der Waals surface area contributed by atoms with Crippen LogP contribution >= 0.6 is 0 Å². The Morgan fingerprint density at radius 1 is 1.33 bits per heavy atom. The first-order valence-corrected chi connectivity index (χ1v) is 5.67. The summed E-state index contributed by atoms with van der Waals surface area (Å²) in [4.78, 5) is 12.0. The summed E-state index contributed by atoms with van der Waals surface area (Å²) >= 11 is 0. The highest BCUT2D eigenvalue weighted by Gasteiger charge is 2.22. The Bertz CT molecular complexity index is 574. The van der Waals surface area contributed by atoms with Crippen LogP contribution < -0.4 is 5.32 Å². The molecule has 6 heteroatoms. The Kier molecular flexibility index (Phi) is 2.64. The average Bonchev–Trinajstić information content (AvgIpc) is 2.76. The Hall–Kier alpha value is -2.08. The lowest BCUT2D eigenvalue weighted by atomic mass is 10.1. The molecule has 3 rings (SSSR count). The van der Waals surface area contributed by atoms with Crippen molar-refractivity contribution in [2.45, 2.75) is 6.04 Å². The molecule has 1 fully saturated rings. The fourth-order valence-corrected chi connectivity index (χ4v) is 1.77. The number of nitrogens with one attached hydrogen (secondary N) is 1. The molecule has 5 nitrogen and oxygen atoms in total. The molecule has 2 heterocycles. The lowest BCUT2D eigenvalue weighted by Gasteiger charge is -2.26. The van der Waals surface area contributed by atoms with E-state index in [1.54, 1.807) is 10.9 Å². The van der Waals surface area contributed by atoms with E-state index in [2.05, 4.69) is 15.6 Å². The van der Waals surface area contributed by atoms with Gasteiger partial charge in [0.2, 0.25) is 5.78 Å². The predicted molar refractivity (Wildman–Crippen MR) is 61.8 cm³/mol. The maximum atomic E-state index is 12.8. The summed E-state index contributed by atoms with van der Waals surface area (Å²) in [6.07, 6.45) is 1.64. The molecule has 0 atom stereocenters. The van der Waals surface area contributed by atoms with E-state index in [-0.39, 0.29) is 23.3 Å². The first-order valence-electron chi connectivity index (χ1n) is 5.67. The van der Waals surface area contributed by atoms with E-state index in [9.17, 15) is 9.18 Å². The number of nitrogens with zero attached hydrogens (tertiary/aromatic N) is 3. The smallest absolute Gasteiger partial charge is 0.214 e. The Morgan fingerprint density at radius 3 is 2.67 bits per heavy atom. The first kappa shape index (κ1) is 11.0. The highest BCUT2D eigenvalue weighted by molar-refractivity contribution is 6.07. The number of aromatic nitrogens is 3. The molecular formula is C12H11FN4O. The zero-order chi connectivity index (χ0) is 12.5. The van der Waals surface area contributed by atoms with E-state index in [1.807, 2.05) is 0 Å². The van der Waals surface area contributed by atoms with Gasteiger partial charge in [-0.05, 0) is 24.3 Å². The van der Waals surface area contributed by atoms with Gasteiger partial charge in [-0.25, -0.2) is 9.07 Å². The minimum Gasteiger partial charge on any atom is -0.312 e. The topological polar surface area (TPSA) is 59.8 Å². The second-order valence-electron chi connectivity index (χ2n) is 4.23. The van der Waals surface area contributed by atoms with E-state index in [1.165, 1.54) is 24.3 Å². The summed E-state index contributed by atoms with van der Waals surface area (Å²) in [6, 6.07) is 5.68.